The summed E-state index contributed by atoms with van der Waals surface area (Å²) in [4.78, 5) is 2.37. The van der Waals surface area contributed by atoms with E-state index in [4.69, 9.17) is 4.42 Å². The van der Waals surface area contributed by atoms with Gasteiger partial charge < -0.3 is 13.9 Å². The van der Waals surface area contributed by atoms with Crippen molar-refractivity contribution in [2.24, 2.45) is 0 Å². The molecule has 0 aliphatic carbocycles. The van der Waals surface area contributed by atoms with Gasteiger partial charge in [0.2, 0.25) is 0 Å². The predicted octanol–water partition coefficient (Wildman–Crippen LogP) is 18.5. The molecule has 0 radical (unpaired) electrons. The number of nitrogens with zero attached hydrogens (tertiary/aromatic N) is 2. The standard InChI is InChI=1S/C66H44N2O/c1-2-15-45(16-3-1)46-31-33-47(34-32-46)51-18-13-20-55(44-51)67(53-39-35-48(36-40-53)50-17-12-19-52(43-50)57-25-14-26-61-60-24-7-11-30-65(60)69-66(57)61)54-41-37-49(38-42-54)56-21-4-8-27-62(56)68-63-28-9-5-22-58(63)59-23-6-10-29-64(59)68/h1-44H. The molecule has 0 saturated heterocycles. The molecule has 0 aliphatic rings. The second kappa shape index (κ2) is 16.9. The normalized spacial score (nSPS) is 11.5. The molecule has 0 amide bonds. The molecule has 69 heavy (non-hydrogen) atoms. The van der Waals surface area contributed by atoms with Crippen molar-refractivity contribution in [1.29, 1.82) is 0 Å². The summed E-state index contributed by atoms with van der Waals surface area (Å²) in [5.41, 5.74) is 20.1. The predicted molar refractivity (Wildman–Crippen MR) is 290 cm³/mol. The van der Waals surface area contributed by atoms with Gasteiger partial charge in [0.1, 0.15) is 11.2 Å². The maximum absolute atomic E-state index is 6.45. The lowest BCUT2D eigenvalue weighted by Gasteiger charge is -2.26. The van der Waals surface area contributed by atoms with Gasteiger partial charge in [0.05, 0.1) is 16.7 Å². The molecule has 2 heterocycles. The molecule has 3 nitrogen and oxygen atoms in total. The monoisotopic (exact) mass is 880 g/mol. The molecule has 0 unspecified atom stereocenters. The molecule has 0 atom stereocenters. The Kier molecular flexibility index (Phi) is 9.84. The van der Waals surface area contributed by atoms with Gasteiger partial charge in [0.15, 0.2) is 0 Å². The number of furan rings is 1. The number of para-hydroxylation sites is 5. The highest BCUT2D eigenvalue weighted by Crippen LogP contribution is 2.42. The highest BCUT2D eigenvalue weighted by atomic mass is 16.3. The Morgan fingerprint density at radius 2 is 0.739 bits per heavy atom. The number of fused-ring (bicyclic) bond motifs is 6. The van der Waals surface area contributed by atoms with E-state index in [1.165, 1.54) is 44.1 Å². The molecule has 13 rings (SSSR count). The van der Waals surface area contributed by atoms with Gasteiger partial charge in [-0.25, -0.2) is 0 Å². The first-order valence-electron chi connectivity index (χ1n) is 23.6. The van der Waals surface area contributed by atoms with E-state index in [1.54, 1.807) is 0 Å². The fraction of sp³-hybridized carbons (Fsp3) is 0. The Bertz CT molecular complexity index is 3940. The van der Waals surface area contributed by atoms with E-state index in [9.17, 15) is 0 Å². The van der Waals surface area contributed by atoms with Crippen LogP contribution in [0.2, 0.25) is 0 Å². The minimum atomic E-state index is 0.904. The summed E-state index contributed by atoms with van der Waals surface area (Å²) in [5, 5.41) is 4.77. The Morgan fingerprint density at radius 1 is 0.275 bits per heavy atom. The fourth-order valence-electron chi connectivity index (χ4n) is 10.3. The second-order valence-electron chi connectivity index (χ2n) is 17.7. The van der Waals surface area contributed by atoms with Gasteiger partial charge in [-0.2, -0.15) is 0 Å². The summed E-state index contributed by atoms with van der Waals surface area (Å²) in [5.74, 6) is 0. The summed E-state index contributed by atoms with van der Waals surface area (Å²) in [6, 6.07) is 96.0. The van der Waals surface area contributed by atoms with Crippen molar-refractivity contribution < 1.29 is 4.42 Å². The Morgan fingerprint density at radius 3 is 1.45 bits per heavy atom. The first-order valence-corrected chi connectivity index (χ1v) is 23.6. The zero-order valence-electron chi connectivity index (χ0n) is 37.7. The van der Waals surface area contributed by atoms with E-state index in [-0.39, 0.29) is 0 Å². The Labute approximate surface area is 401 Å². The lowest BCUT2D eigenvalue weighted by molar-refractivity contribution is 0.670. The van der Waals surface area contributed by atoms with Gasteiger partial charge in [0, 0.05) is 49.7 Å². The zero-order valence-corrected chi connectivity index (χ0v) is 37.7. The number of hydrogen-bond acceptors (Lipinski definition) is 2. The number of aromatic nitrogens is 1. The van der Waals surface area contributed by atoms with E-state index < -0.39 is 0 Å². The van der Waals surface area contributed by atoms with Crippen LogP contribution >= 0.6 is 0 Å². The molecule has 0 N–H and O–H groups in total. The molecular formula is C66H44N2O. The number of hydrogen-bond donors (Lipinski definition) is 0. The van der Waals surface area contributed by atoms with Crippen molar-refractivity contribution in [2.75, 3.05) is 4.90 Å². The summed E-state index contributed by atoms with van der Waals surface area (Å²) in [6.07, 6.45) is 0. The highest BCUT2D eigenvalue weighted by Gasteiger charge is 2.19. The summed E-state index contributed by atoms with van der Waals surface area (Å²) < 4.78 is 8.86. The number of anilines is 3. The third-order valence-electron chi connectivity index (χ3n) is 13.6. The lowest BCUT2D eigenvalue weighted by atomic mass is 9.97. The average molecular weight is 881 g/mol. The maximum atomic E-state index is 6.45. The van der Waals surface area contributed by atoms with Crippen LogP contribution in [-0.2, 0) is 0 Å². The smallest absolute Gasteiger partial charge is 0.143 e. The first-order chi connectivity index (χ1) is 34.2. The van der Waals surface area contributed by atoms with Crippen molar-refractivity contribution in [3.05, 3.63) is 267 Å². The molecule has 2 aromatic heterocycles. The topological polar surface area (TPSA) is 21.3 Å². The summed E-state index contributed by atoms with van der Waals surface area (Å²) in [7, 11) is 0. The Balaban J connectivity index is 0.886. The van der Waals surface area contributed by atoms with Crippen LogP contribution in [0.15, 0.2) is 271 Å². The van der Waals surface area contributed by atoms with Crippen LogP contribution in [0.4, 0.5) is 17.1 Å². The molecule has 0 saturated carbocycles. The fourth-order valence-corrected chi connectivity index (χ4v) is 10.3. The average Bonchev–Trinajstić information content (AvgIpc) is 3.98. The van der Waals surface area contributed by atoms with Gasteiger partial charge in [-0.1, -0.05) is 200 Å². The molecule has 3 heteroatoms. The Hall–Kier alpha value is -9.18. The largest absolute Gasteiger partial charge is 0.455 e. The van der Waals surface area contributed by atoms with Crippen molar-refractivity contribution in [1.82, 2.24) is 4.57 Å². The maximum Gasteiger partial charge on any atom is 0.143 e. The van der Waals surface area contributed by atoms with E-state index in [2.05, 4.69) is 264 Å². The molecule has 324 valence electrons. The van der Waals surface area contributed by atoms with E-state index in [0.29, 0.717) is 0 Å². The third kappa shape index (κ3) is 7.16. The molecule has 0 bridgehead atoms. The molecule has 0 spiro atoms. The molecule has 0 fully saturated rings. The molecule has 11 aromatic carbocycles. The summed E-state index contributed by atoms with van der Waals surface area (Å²) >= 11 is 0. The van der Waals surface area contributed by atoms with Gasteiger partial charge in [0.25, 0.3) is 0 Å². The van der Waals surface area contributed by atoms with Gasteiger partial charge in [-0.3, -0.25) is 0 Å². The van der Waals surface area contributed by atoms with Crippen LogP contribution in [0.25, 0.3) is 105 Å². The van der Waals surface area contributed by atoms with Gasteiger partial charge in [-0.15, -0.1) is 0 Å². The molecule has 0 aliphatic heterocycles. The minimum absolute atomic E-state index is 0.904. The van der Waals surface area contributed by atoms with Crippen LogP contribution in [0.5, 0.6) is 0 Å². The van der Waals surface area contributed by atoms with Crippen LogP contribution in [0.1, 0.15) is 0 Å². The van der Waals surface area contributed by atoms with Crippen LogP contribution in [0, 0.1) is 0 Å². The van der Waals surface area contributed by atoms with Crippen LogP contribution in [0.3, 0.4) is 0 Å². The van der Waals surface area contributed by atoms with E-state index in [0.717, 1.165) is 78.1 Å². The van der Waals surface area contributed by atoms with Crippen molar-refractivity contribution in [2.45, 2.75) is 0 Å². The van der Waals surface area contributed by atoms with Crippen molar-refractivity contribution >= 4 is 60.8 Å². The molecular weight excluding hydrogens is 837 g/mol. The summed E-state index contributed by atoms with van der Waals surface area (Å²) in [6.45, 7) is 0. The van der Waals surface area contributed by atoms with Gasteiger partial charge >= 0.3 is 0 Å². The lowest BCUT2D eigenvalue weighted by Crippen LogP contribution is -2.10. The van der Waals surface area contributed by atoms with Crippen LogP contribution < -0.4 is 4.90 Å². The SMILES string of the molecule is c1ccc(-c2ccc(-c3cccc(N(c4ccc(-c5cccc(-c6cccc7c6oc6ccccc67)c5)cc4)c4ccc(-c5ccccc5-n5c6ccccc6c6ccccc65)cc4)c3)cc2)cc1. The number of rotatable bonds is 9. The first kappa shape index (κ1) is 40.1. The van der Waals surface area contributed by atoms with E-state index >= 15 is 0 Å². The number of benzene rings is 11. The van der Waals surface area contributed by atoms with Crippen LogP contribution in [-0.4, -0.2) is 4.57 Å². The quantitative estimate of drug-likeness (QED) is 0.144. The molecule has 13 aromatic rings. The zero-order chi connectivity index (χ0) is 45.7. The van der Waals surface area contributed by atoms with E-state index in [1.807, 2.05) is 12.1 Å². The van der Waals surface area contributed by atoms with Crippen molar-refractivity contribution in [3.63, 3.8) is 0 Å². The van der Waals surface area contributed by atoms with Crippen molar-refractivity contribution in [3.8, 4) is 61.3 Å². The third-order valence-corrected chi connectivity index (χ3v) is 13.6. The van der Waals surface area contributed by atoms with Gasteiger partial charge in [-0.05, 0) is 111 Å². The second-order valence-corrected chi connectivity index (χ2v) is 17.7. The highest BCUT2D eigenvalue weighted by molar-refractivity contribution is 6.11. The minimum Gasteiger partial charge on any atom is -0.455 e.